The standard InChI is InChI=1S/C9H16N2O/c1-11(8-3-2-4-8)9(12)10-7-5-6-7/h7-8H,2-6H2,1H3,(H,10,12). The summed E-state index contributed by atoms with van der Waals surface area (Å²) in [6.45, 7) is 0. The molecule has 0 aromatic rings. The minimum absolute atomic E-state index is 0.127. The molecule has 0 bridgehead atoms. The van der Waals surface area contributed by atoms with Crippen molar-refractivity contribution in [2.24, 2.45) is 0 Å². The zero-order valence-electron chi connectivity index (χ0n) is 7.55. The number of hydrogen-bond donors (Lipinski definition) is 1. The van der Waals surface area contributed by atoms with Gasteiger partial charge in [0.05, 0.1) is 0 Å². The second-order valence-electron chi connectivity index (χ2n) is 3.92. The van der Waals surface area contributed by atoms with Gasteiger partial charge in [0.15, 0.2) is 0 Å². The molecule has 1 N–H and O–H groups in total. The normalized spacial score (nSPS) is 23.1. The Morgan fingerprint density at radius 2 is 2.00 bits per heavy atom. The lowest BCUT2D eigenvalue weighted by Crippen LogP contribution is -2.47. The van der Waals surface area contributed by atoms with Gasteiger partial charge in [-0.2, -0.15) is 0 Å². The van der Waals surface area contributed by atoms with Gasteiger partial charge in [0, 0.05) is 19.1 Å². The Morgan fingerprint density at radius 1 is 1.33 bits per heavy atom. The fourth-order valence-electron chi connectivity index (χ4n) is 1.44. The second-order valence-corrected chi connectivity index (χ2v) is 3.92. The first-order valence-electron chi connectivity index (χ1n) is 4.80. The molecule has 2 amide bonds. The van der Waals surface area contributed by atoms with Crippen LogP contribution in [0.2, 0.25) is 0 Å². The van der Waals surface area contributed by atoms with Crippen LogP contribution in [0.4, 0.5) is 4.79 Å². The van der Waals surface area contributed by atoms with E-state index in [1.54, 1.807) is 0 Å². The molecule has 2 rings (SSSR count). The molecule has 0 heterocycles. The van der Waals surface area contributed by atoms with Crippen LogP contribution in [0.3, 0.4) is 0 Å². The van der Waals surface area contributed by atoms with E-state index in [0.717, 1.165) is 0 Å². The van der Waals surface area contributed by atoms with Gasteiger partial charge in [-0.25, -0.2) is 4.79 Å². The number of carbonyl (C=O) groups excluding carboxylic acids is 1. The van der Waals surface area contributed by atoms with E-state index in [9.17, 15) is 4.79 Å². The zero-order chi connectivity index (χ0) is 8.55. The van der Waals surface area contributed by atoms with Crippen LogP contribution in [0.15, 0.2) is 0 Å². The average Bonchev–Trinajstić information content (AvgIpc) is 2.67. The minimum Gasteiger partial charge on any atom is -0.335 e. The van der Waals surface area contributed by atoms with E-state index < -0.39 is 0 Å². The molecule has 2 saturated carbocycles. The summed E-state index contributed by atoms with van der Waals surface area (Å²) >= 11 is 0. The molecule has 3 heteroatoms. The van der Waals surface area contributed by atoms with E-state index in [-0.39, 0.29) is 6.03 Å². The number of rotatable bonds is 2. The molecule has 0 atom stereocenters. The Kier molecular flexibility index (Phi) is 1.95. The van der Waals surface area contributed by atoms with E-state index in [0.29, 0.717) is 12.1 Å². The van der Waals surface area contributed by atoms with Crippen molar-refractivity contribution in [3.05, 3.63) is 0 Å². The highest BCUT2D eigenvalue weighted by molar-refractivity contribution is 5.75. The number of amides is 2. The summed E-state index contributed by atoms with van der Waals surface area (Å²) < 4.78 is 0. The van der Waals surface area contributed by atoms with E-state index in [1.807, 2.05) is 11.9 Å². The number of carbonyl (C=O) groups is 1. The fourth-order valence-corrected chi connectivity index (χ4v) is 1.44. The molecule has 0 unspecified atom stereocenters. The molecule has 2 fully saturated rings. The molecule has 3 nitrogen and oxygen atoms in total. The monoisotopic (exact) mass is 168 g/mol. The Hall–Kier alpha value is -0.730. The van der Waals surface area contributed by atoms with Crippen molar-refractivity contribution in [1.82, 2.24) is 10.2 Å². The van der Waals surface area contributed by atoms with Crippen molar-refractivity contribution in [3.63, 3.8) is 0 Å². The fraction of sp³-hybridized carbons (Fsp3) is 0.889. The summed E-state index contributed by atoms with van der Waals surface area (Å²) in [7, 11) is 1.90. The van der Waals surface area contributed by atoms with Crippen molar-refractivity contribution in [2.45, 2.75) is 44.2 Å². The van der Waals surface area contributed by atoms with Gasteiger partial charge in [-0.3, -0.25) is 0 Å². The van der Waals surface area contributed by atoms with E-state index >= 15 is 0 Å². The second kappa shape index (κ2) is 2.96. The first kappa shape index (κ1) is 7.90. The first-order chi connectivity index (χ1) is 5.77. The van der Waals surface area contributed by atoms with Gasteiger partial charge in [0.1, 0.15) is 0 Å². The number of nitrogens with one attached hydrogen (secondary N) is 1. The van der Waals surface area contributed by atoms with E-state index in [4.69, 9.17) is 0 Å². The molecule has 0 aliphatic heterocycles. The Labute approximate surface area is 73.1 Å². The SMILES string of the molecule is CN(C(=O)NC1CC1)C1CCC1. The highest BCUT2D eigenvalue weighted by Crippen LogP contribution is 2.24. The summed E-state index contributed by atoms with van der Waals surface area (Å²) in [5.74, 6) is 0. The van der Waals surface area contributed by atoms with E-state index in [1.165, 1.54) is 32.1 Å². The Balaban J connectivity index is 1.76. The maximum Gasteiger partial charge on any atom is 0.317 e. The third-order valence-corrected chi connectivity index (χ3v) is 2.85. The molecular weight excluding hydrogens is 152 g/mol. The van der Waals surface area contributed by atoms with Gasteiger partial charge < -0.3 is 10.2 Å². The van der Waals surface area contributed by atoms with Gasteiger partial charge in [-0.1, -0.05) is 0 Å². The summed E-state index contributed by atoms with van der Waals surface area (Å²) in [5.41, 5.74) is 0. The van der Waals surface area contributed by atoms with Crippen molar-refractivity contribution in [3.8, 4) is 0 Å². The molecule has 0 radical (unpaired) electrons. The lowest BCUT2D eigenvalue weighted by Gasteiger charge is -2.34. The van der Waals surface area contributed by atoms with Crippen LogP contribution in [0.1, 0.15) is 32.1 Å². The highest BCUT2D eigenvalue weighted by Gasteiger charge is 2.29. The molecular formula is C9H16N2O. The van der Waals surface area contributed by atoms with Gasteiger partial charge in [-0.15, -0.1) is 0 Å². The van der Waals surface area contributed by atoms with Crippen LogP contribution in [0.25, 0.3) is 0 Å². The summed E-state index contributed by atoms with van der Waals surface area (Å²) in [4.78, 5) is 13.3. The molecule has 0 aromatic carbocycles. The van der Waals surface area contributed by atoms with Crippen LogP contribution in [-0.2, 0) is 0 Å². The summed E-state index contributed by atoms with van der Waals surface area (Å²) in [5, 5.41) is 2.99. The van der Waals surface area contributed by atoms with E-state index in [2.05, 4.69) is 5.32 Å². The summed E-state index contributed by atoms with van der Waals surface area (Å²) in [6.07, 6.45) is 6.00. The van der Waals surface area contributed by atoms with Crippen LogP contribution in [-0.4, -0.2) is 30.1 Å². The maximum atomic E-state index is 11.4. The van der Waals surface area contributed by atoms with Crippen molar-refractivity contribution < 1.29 is 4.79 Å². The van der Waals surface area contributed by atoms with Gasteiger partial charge in [0.25, 0.3) is 0 Å². The zero-order valence-corrected chi connectivity index (χ0v) is 7.55. The van der Waals surface area contributed by atoms with Gasteiger partial charge in [0.2, 0.25) is 0 Å². The third-order valence-electron chi connectivity index (χ3n) is 2.85. The van der Waals surface area contributed by atoms with Crippen LogP contribution in [0.5, 0.6) is 0 Å². The molecule has 2 aliphatic carbocycles. The van der Waals surface area contributed by atoms with Gasteiger partial charge in [-0.05, 0) is 32.1 Å². The minimum atomic E-state index is 0.127. The van der Waals surface area contributed by atoms with Gasteiger partial charge >= 0.3 is 6.03 Å². The maximum absolute atomic E-state index is 11.4. The van der Waals surface area contributed by atoms with Crippen molar-refractivity contribution in [1.29, 1.82) is 0 Å². The smallest absolute Gasteiger partial charge is 0.317 e. The van der Waals surface area contributed by atoms with Crippen LogP contribution >= 0.6 is 0 Å². The van der Waals surface area contributed by atoms with Crippen LogP contribution < -0.4 is 5.32 Å². The lowest BCUT2D eigenvalue weighted by molar-refractivity contribution is 0.157. The molecule has 68 valence electrons. The largest absolute Gasteiger partial charge is 0.335 e. The molecule has 0 spiro atoms. The number of hydrogen-bond acceptors (Lipinski definition) is 1. The van der Waals surface area contributed by atoms with Crippen molar-refractivity contribution in [2.75, 3.05) is 7.05 Å². The number of nitrogens with zero attached hydrogens (tertiary/aromatic N) is 1. The molecule has 12 heavy (non-hydrogen) atoms. The predicted molar refractivity (Wildman–Crippen MR) is 47.0 cm³/mol. The molecule has 0 saturated heterocycles. The topological polar surface area (TPSA) is 32.3 Å². The molecule has 2 aliphatic rings. The summed E-state index contributed by atoms with van der Waals surface area (Å²) in [6, 6.07) is 1.13. The average molecular weight is 168 g/mol. The lowest BCUT2D eigenvalue weighted by atomic mass is 9.92. The van der Waals surface area contributed by atoms with Crippen molar-refractivity contribution >= 4 is 6.03 Å². The van der Waals surface area contributed by atoms with Crippen LogP contribution in [0, 0.1) is 0 Å². The quantitative estimate of drug-likeness (QED) is 0.663. The Morgan fingerprint density at radius 3 is 2.42 bits per heavy atom. The molecule has 0 aromatic heterocycles. The predicted octanol–water partition coefficient (Wildman–Crippen LogP) is 1.34. The Bertz CT molecular complexity index is 185. The number of urea groups is 1. The first-order valence-corrected chi connectivity index (χ1v) is 4.80. The highest BCUT2D eigenvalue weighted by atomic mass is 16.2. The third kappa shape index (κ3) is 1.54.